The molecule has 0 aromatic heterocycles. The van der Waals surface area contributed by atoms with Gasteiger partial charge in [0.05, 0.1) is 12.0 Å². The summed E-state index contributed by atoms with van der Waals surface area (Å²) < 4.78 is 14.8. The Hall–Kier alpha value is -1.71. The Balaban J connectivity index is 2.25. The van der Waals surface area contributed by atoms with E-state index in [1.807, 2.05) is 0 Å². The van der Waals surface area contributed by atoms with Crippen molar-refractivity contribution < 1.29 is 13.9 Å². The molecule has 1 aliphatic rings. The van der Waals surface area contributed by atoms with Gasteiger partial charge in [0.2, 0.25) is 6.21 Å². The summed E-state index contributed by atoms with van der Waals surface area (Å²) in [7, 11) is 0. The third kappa shape index (κ3) is 1.79. The number of carbonyl (C=O) groups excluding carboxylic acids is 1. The van der Waals surface area contributed by atoms with Gasteiger partial charge < -0.3 is 0 Å². The lowest BCUT2D eigenvalue weighted by Gasteiger charge is -1.93. The van der Waals surface area contributed by atoms with Crippen molar-refractivity contribution in [2.24, 2.45) is 0 Å². The summed E-state index contributed by atoms with van der Waals surface area (Å²) in [6.45, 7) is 0.590. The minimum Gasteiger partial charge on any atom is -0.269 e. The first-order valence-electron chi connectivity index (χ1n) is 4.41. The van der Waals surface area contributed by atoms with Gasteiger partial charge in [-0.2, -0.15) is 0 Å². The van der Waals surface area contributed by atoms with E-state index in [1.54, 1.807) is 29.1 Å². The van der Waals surface area contributed by atoms with E-state index in [1.165, 1.54) is 6.07 Å². The van der Waals surface area contributed by atoms with Crippen LogP contribution in [0.15, 0.2) is 24.3 Å². The van der Waals surface area contributed by atoms with Gasteiger partial charge in [-0.15, -0.1) is 10.1 Å². The number of halogens is 1. The molecule has 1 heterocycles. The Kier molecular flexibility index (Phi) is 2.26. The molecule has 72 valence electrons. The van der Waals surface area contributed by atoms with Crippen molar-refractivity contribution in [2.75, 3.05) is 6.54 Å². The first-order valence-corrected chi connectivity index (χ1v) is 4.41. The molecular weight excluding hydrogens is 183 g/mol. The highest BCUT2D eigenvalue weighted by molar-refractivity contribution is 5.79. The fraction of sp³-hybridized carbons (Fsp3) is 0.200. The number of hydrogen-bond acceptors (Lipinski definition) is 1. The molecule has 1 aromatic rings. The van der Waals surface area contributed by atoms with Crippen molar-refractivity contribution in [3.8, 4) is 0 Å². The van der Waals surface area contributed by atoms with E-state index in [2.05, 4.69) is 5.43 Å². The van der Waals surface area contributed by atoms with Gasteiger partial charge in [0, 0.05) is 0 Å². The molecule has 0 bridgehead atoms. The summed E-state index contributed by atoms with van der Waals surface area (Å²) in [5.74, 6) is -0.314. The third-order valence-corrected chi connectivity index (χ3v) is 2.05. The minimum atomic E-state index is -0.284. The van der Waals surface area contributed by atoms with Crippen LogP contribution in [0.5, 0.6) is 0 Å². The zero-order valence-corrected chi connectivity index (χ0v) is 7.53. The van der Waals surface area contributed by atoms with E-state index in [0.29, 0.717) is 18.5 Å². The summed E-state index contributed by atoms with van der Waals surface area (Å²) in [6, 6.07) is 6.45. The first-order chi connectivity index (χ1) is 6.75. The van der Waals surface area contributed by atoms with Gasteiger partial charge in [-0.1, -0.05) is 12.1 Å². The van der Waals surface area contributed by atoms with E-state index in [9.17, 15) is 9.18 Å². The molecule has 1 fully saturated rings. The summed E-state index contributed by atoms with van der Waals surface area (Å²) in [5.41, 5.74) is 3.08. The molecule has 0 aliphatic carbocycles. The molecule has 1 N–H and O–H groups in total. The monoisotopic (exact) mass is 193 g/mol. The zero-order chi connectivity index (χ0) is 9.97. The number of hydrogen-bond donors (Lipinski definition) is 1. The highest BCUT2D eigenvalue weighted by Gasteiger charge is 2.21. The second-order valence-electron chi connectivity index (χ2n) is 3.13. The van der Waals surface area contributed by atoms with Crippen molar-refractivity contribution in [2.45, 2.75) is 6.42 Å². The van der Waals surface area contributed by atoms with E-state index in [-0.39, 0.29) is 11.7 Å². The maximum Gasteiger partial charge on any atom is 0.280 e. The van der Waals surface area contributed by atoms with Gasteiger partial charge >= 0.3 is 0 Å². The van der Waals surface area contributed by atoms with Crippen molar-refractivity contribution in [1.82, 2.24) is 5.43 Å². The average molecular weight is 193 g/mol. The normalized spacial score (nSPS) is 18.6. The highest BCUT2D eigenvalue weighted by atomic mass is 19.1. The summed E-state index contributed by atoms with van der Waals surface area (Å²) in [6.07, 6.45) is 2.06. The van der Waals surface area contributed by atoms with Crippen molar-refractivity contribution >= 4 is 12.1 Å². The molecule has 4 heteroatoms. The first kappa shape index (κ1) is 8.87. The van der Waals surface area contributed by atoms with E-state index in [0.717, 1.165) is 0 Å². The quantitative estimate of drug-likeness (QED) is 0.654. The van der Waals surface area contributed by atoms with Crippen LogP contribution in [0.25, 0.3) is 0 Å². The van der Waals surface area contributed by atoms with E-state index in [4.69, 9.17) is 0 Å². The smallest absolute Gasteiger partial charge is 0.269 e. The van der Waals surface area contributed by atoms with Crippen LogP contribution in [-0.2, 0) is 4.79 Å². The molecule has 0 saturated carbocycles. The topological polar surface area (TPSA) is 32.1 Å². The second kappa shape index (κ2) is 3.57. The highest BCUT2D eigenvalue weighted by Crippen LogP contribution is 2.03. The predicted octanol–water partition coefficient (Wildman–Crippen LogP) is 0.692. The van der Waals surface area contributed by atoms with Crippen LogP contribution in [0.1, 0.15) is 12.0 Å². The molecule has 14 heavy (non-hydrogen) atoms. The van der Waals surface area contributed by atoms with Gasteiger partial charge in [-0.25, -0.2) is 4.39 Å². The van der Waals surface area contributed by atoms with E-state index >= 15 is 0 Å². The standard InChI is InChI=1S/C10H9FN2O/c11-9-4-2-1-3-8(9)7-13-6-5-10(14)12-13/h1-4,7H,5-6H2/p+1/b13-7+. The lowest BCUT2D eigenvalue weighted by Crippen LogP contribution is -2.25. The fourth-order valence-corrected chi connectivity index (χ4v) is 1.34. The summed E-state index contributed by atoms with van der Waals surface area (Å²) >= 11 is 0. The van der Waals surface area contributed by atoms with Gasteiger partial charge in [-0.3, -0.25) is 4.79 Å². The van der Waals surface area contributed by atoms with Gasteiger partial charge in [0.25, 0.3) is 5.91 Å². The van der Waals surface area contributed by atoms with Crippen molar-refractivity contribution in [3.05, 3.63) is 35.6 Å². The lowest BCUT2D eigenvalue weighted by atomic mass is 10.2. The predicted molar refractivity (Wildman–Crippen MR) is 49.5 cm³/mol. The van der Waals surface area contributed by atoms with Crippen LogP contribution in [0.3, 0.4) is 0 Å². The molecule has 0 atom stereocenters. The molecule has 3 nitrogen and oxygen atoms in total. The Morgan fingerprint density at radius 1 is 1.43 bits per heavy atom. The van der Waals surface area contributed by atoms with Crippen molar-refractivity contribution in [3.63, 3.8) is 0 Å². The molecular formula is C10H10FN2O+. The summed E-state index contributed by atoms with van der Waals surface area (Å²) in [4.78, 5) is 10.9. The number of nitrogens with zero attached hydrogens (tertiary/aromatic N) is 1. The number of benzene rings is 1. The zero-order valence-electron chi connectivity index (χ0n) is 7.53. The Morgan fingerprint density at radius 3 is 2.86 bits per heavy atom. The minimum absolute atomic E-state index is 0.0300. The molecule has 1 aromatic carbocycles. The number of nitrogens with one attached hydrogen (secondary N) is 1. The molecule has 1 aliphatic heterocycles. The molecule has 0 spiro atoms. The van der Waals surface area contributed by atoms with Gasteiger partial charge in [-0.05, 0) is 12.1 Å². The fourth-order valence-electron chi connectivity index (χ4n) is 1.34. The van der Waals surface area contributed by atoms with E-state index < -0.39 is 0 Å². The molecule has 0 unspecified atom stereocenters. The van der Waals surface area contributed by atoms with Crippen LogP contribution in [0.4, 0.5) is 4.39 Å². The van der Waals surface area contributed by atoms with Crippen LogP contribution in [-0.4, -0.2) is 23.4 Å². The maximum absolute atomic E-state index is 13.2. The van der Waals surface area contributed by atoms with Crippen LogP contribution in [0.2, 0.25) is 0 Å². The number of amides is 1. The number of carbonyl (C=O) groups is 1. The number of hydrazone groups is 1. The van der Waals surface area contributed by atoms with Gasteiger partial charge in [0.1, 0.15) is 5.82 Å². The van der Waals surface area contributed by atoms with Crippen molar-refractivity contribution in [1.29, 1.82) is 0 Å². The molecule has 1 saturated heterocycles. The SMILES string of the molecule is O=C1CC/[N+](=C\c2ccccc2F)N1. The Morgan fingerprint density at radius 2 is 2.21 bits per heavy atom. The maximum atomic E-state index is 13.2. The lowest BCUT2D eigenvalue weighted by molar-refractivity contribution is -0.553. The third-order valence-electron chi connectivity index (χ3n) is 2.05. The largest absolute Gasteiger partial charge is 0.280 e. The second-order valence-corrected chi connectivity index (χ2v) is 3.13. The Labute approximate surface area is 80.8 Å². The molecule has 1 amide bonds. The average Bonchev–Trinajstić information content (AvgIpc) is 2.56. The van der Waals surface area contributed by atoms with Crippen LogP contribution < -0.4 is 5.43 Å². The van der Waals surface area contributed by atoms with Crippen LogP contribution in [0, 0.1) is 5.82 Å². The summed E-state index contributed by atoms with van der Waals surface area (Å²) in [5, 5.41) is 0. The molecule has 0 radical (unpaired) electrons. The number of hydrazine groups is 1. The molecule has 2 rings (SSSR count). The van der Waals surface area contributed by atoms with Gasteiger partial charge in [0.15, 0.2) is 6.54 Å². The Bertz CT molecular complexity index is 401. The van der Waals surface area contributed by atoms with Crippen LogP contribution >= 0.6 is 0 Å². The number of rotatable bonds is 1.